The average Bonchev–Trinajstić information content (AvgIpc) is 2.31. The number of nitrogens with two attached hydrogens (primary N) is 1. The van der Waals surface area contributed by atoms with Gasteiger partial charge >= 0.3 is 0 Å². The SMILES string of the molecule is COc1nc(-c2ccc(F)cc2)cnc1N. The van der Waals surface area contributed by atoms with Crippen LogP contribution >= 0.6 is 0 Å². The zero-order valence-corrected chi connectivity index (χ0v) is 8.64. The normalized spacial score (nSPS) is 10.1. The van der Waals surface area contributed by atoms with Crippen LogP contribution in [0.25, 0.3) is 11.3 Å². The lowest BCUT2D eigenvalue weighted by atomic mass is 10.1. The molecule has 1 heterocycles. The van der Waals surface area contributed by atoms with Crippen LogP contribution in [0.2, 0.25) is 0 Å². The largest absolute Gasteiger partial charge is 0.478 e. The molecule has 0 saturated heterocycles. The molecule has 0 amide bonds. The zero-order chi connectivity index (χ0) is 11.5. The maximum absolute atomic E-state index is 12.7. The summed E-state index contributed by atoms with van der Waals surface area (Å²) in [5.41, 5.74) is 6.89. The van der Waals surface area contributed by atoms with Crippen LogP contribution in [0, 0.1) is 5.82 Å². The highest BCUT2D eigenvalue weighted by atomic mass is 19.1. The molecule has 1 aromatic heterocycles. The number of aromatic nitrogens is 2. The second kappa shape index (κ2) is 4.14. The fourth-order valence-electron chi connectivity index (χ4n) is 1.29. The van der Waals surface area contributed by atoms with Crippen LogP contribution in [-0.4, -0.2) is 17.1 Å². The van der Waals surface area contributed by atoms with Gasteiger partial charge in [0.05, 0.1) is 19.0 Å². The van der Waals surface area contributed by atoms with Gasteiger partial charge in [-0.25, -0.2) is 14.4 Å². The van der Waals surface area contributed by atoms with E-state index < -0.39 is 0 Å². The number of nitrogen functional groups attached to an aromatic ring is 1. The predicted octanol–water partition coefficient (Wildman–Crippen LogP) is 1.87. The van der Waals surface area contributed by atoms with E-state index in [1.807, 2.05) is 0 Å². The molecular weight excluding hydrogens is 209 g/mol. The van der Waals surface area contributed by atoms with Gasteiger partial charge in [0.1, 0.15) is 5.82 Å². The zero-order valence-electron chi connectivity index (χ0n) is 8.64. The first-order chi connectivity index (χ1) is 7.70. The summed E-state index contributed by atoms with van der Waals surface area (Å²) in [5, 5.41) is 0. The molecule has 0 radical (unpaired) electrons. The smallest absolute Gasteiger partial charge is 0.257 e. The molecule has 0 spiro atoms. The molecule has 0 atom stereocenters. The van der Waals surface area contributed by atoms with Crippen molar-refractivity contribution in [3.8, 4) is 17.1 Å². The number of hydrogen-bond donors (Lipinski definition) is 1. The molecule has 2 aromatic rings. The summed E-state index contributed by atoms with van der Waals surface area (Å²) in [5.74, 6) is 0.203. The van der Waals surface area contributed by atoms with Crippen molar-refractivity contribution in [2.45, 2.75) is 0 Å². The molecule has 0 saturated carbocycles. The summed E-state index contributed by atoms with van der Waals surface area (Å²) in [7, 11) is 1.47. The van der Waals surface area contributed by atoms with Gasteiger partial charge in [0, 0.05) is 5.56 Å². The van der Waals surface area contributed by atoms with Crippen molar-refractivity contribution in [2.24, 2.45) is 0 Å². The second-order valence-corrected chi connectivity index (χ2v) is 3.16. The first-order valence-electron chi connectivity index (χ1n) is 4.63. The Kier molecular flexibility index (Phi) is 2.68. The van der Waals surface area contributed by atoms with Gasteiger partial charge in [-0.1, -0.05) is 0 Å². The van der Waals surface area contributed by atoms with E-state index in [9.17, 15) is 4.39 Å². The number of halogens is 1. The summed E-state index contributed by atoms with van der Waals surface area (Å²) >= 11 is 0. The van der Waals surface area contributed by atoms with E-state index in [0.29, 0.717) is 5.69 Å². The number of rotatable bonds is 2. The van der Waals surface area contributed by atoms with Crippen LogP contribution in [0.4, 0.5) is 10.2 Å². The molecule has 0 bridgehead atoms. The lowest BCUT2D eigenvalue weighted by Gasteiger charge is -2.05. The molecular formula is C11H10FN3O. The van der Waals surface area contributed by atoms with E-state index in [2.05, 4.69) is 9.97 Å². The van der Waals surface area contributed by atoms with E-state index in [-0.39, 0.29) is 17.5 Å². The summed E-state index contributed by atoms with van der Waals surface area (Å²) in [6.45, 7) is 0. The van der Waals surface area contributed by atoms with Crippen LogP contribution in [0.5, 0.6) is 5.88 Å². The van der Waals surface area contributed by atoms with Gasteiger partial charge in [0.2, 0.25) is 0 Å². The first-order valence-corrected chi connectivity index (χ1v) is 4.63. The van der Waals surface area contributed by atoms with E-state index >= 15 is 0 Å². The fourth-order valence-corrected chi connectivity index (χ4v) is 1.29. The monoisotopic (exact) mass is 219 g/mol. The maximum atomic E-state index is 12.7. The Balaban J connectivity index is 2.44. The van der Waals surface area contributed by atoms with Gasteiger partial charge in [0.15, 0.2) is 5.82 Å². The third-order valence-corrected chi connectivity index (χ3v) is 2.10. The number of hydrogen-bond acceptors (Lipinski definition) is 4. The minimum absolute atomic E-state index is 0.230. The van der Waals surface area contributed by atoms with Crippen molar-refractivity contribution >= 4 is 5.82 Å². The highest BCUT2D eigenvalue weighted by molar-refractivity contribution is 5.60. The summed E-state index contributed by atoms with van der Waals surface area (Å²) in [4.78, 5) is 8.10. The van der Waals surface area contributed by atoms with Crippen molar-refractivity contribution in [3.63, 3.8) is 0 Å². The van der Waals surface area contributed by atoms with Crippen molar-refractivity contribution in [1.29, 1.82) is 0 Å². The Morgan fingerprint density at radius 2 is 1.94 bits per heavy atom. The number of anilines is 1. The van der Waals surface area contributed by atoms with E-state index in [0.717, 1.165) is 5.56 Å². The van der Waals surface area contributed by atoms with E-state index in [1.54, 1.807) is 12.1 Å². The van der Waals surface area contributed by atoms with Crippen LogP contribution in [0.3, 0.4) is 0 Å². The topological polar surface area (TPSA) is 61.0 Å². The lowest BCUT2D eigenvalue weighted by Crippen LogP contribution is -1.99. The van der Waals surface area contributed by atoms with Crippen LogP contribution in [0.1, 0.15) is 0 Å². The molecule has 0 aliphatic rings. The lowest BCUT2D eigenvalue weighted by molar-refractivity contribution is 0.399. The molecule has 82 valence electrons. The standard InChI is InChI=1S/C11H10FN3O/c1-16-11-10(13)14-6-9(15-11)7-2-4-8(12)5-3-7/h2-6H,1H3,(H2,13,14). The molecule has 0 fully saturated rings. The number of benzene rings is 1. The highest BCUT2D eigenvalue weighted by Crippen LogP contribution is 2.22. The number of ether oxygens (including phenoxy) is 1. The van der Waals surface area contributed by atoms with Crippen molar-refractivity contribution in [2.75, 3.05) is 12.8 Å². The van der Waals surface area contributed by atoms with Crippen molar-refractivity contribution in [1.82, 2.24) is 9.97 Å². The molecule has 2 N–H and O–H groups in total. The van der Waals surface area contributed by atoms with Gasteiger partial charge in [-0.2, -0.15) is 0 Å². The minimum Gasteiger partial charge on any atom is -0.478 e. The maximum Gasteiger partial charge on any atom is 0.257 e. The van der Waals surface area contributed by atoms with Gasteiger partial charge in [-0.05, 0) is 24.3 Å². The summed E-state index contributed by atoms with van der Waals surface area (Å²) < 4.78 is 17.7. The summed E-state index contributed by atoms with van der Waals surface area (Å²) in [6.07, 6.45) is 1.52. The van der Waals surface area contributed by atoms with Gasteiger partial charge in [-0.3, -0.25) is 0 Å². The van der Waals surface area contributed by atoms with Crippen molar-refractivity contribution in [3.05, 3.63) is 36.3 Å². The Morgan fingerprint density at radius 1 is 1.25 bits per heavy atom. The number of methoxy groups -OCH3 is 1. The Morgan fingerprint density at radius 3 is 2.56 bits per heavy atom. The van der Waals surface area contributed by atoms with Gasteiger partial charge in [0.25, 0.3) is 5.88 Å². The van der Waals surface area contributed by atoms with Gasteiger partial charge < -0.3 is 10.5 Å². The fraction of sp³-hybridized carbons (Fsp3) is 0.0909. The molecule has 16 heavy (non-hydrogen) atoms. The third-order valence-electron chi connectivity index (χ3n) is 2.10. The minimum atomic E-state index is -0.292. The molecule has 2 rings (SSSR count). The first kappa shape index (κ1) is 10.4. The molecule has 1 aromatic carbocycles. The predicted molar refractivity (Wildman–Crippen MR) is 58.4 cm³/mol. The molecule has 4 nitrogen and oxygen atoms in total. The third kappa shape index (κ3) is 1.93. The summed E-state index contributed by atoms with van der Waals surface area (Å²) in [6, 6.07) is 5.96. The van der Waals surface area contributed by atoms with Gasteiger partial charge in [-0.15, -0.1) is 0 Å². The quantitative estimate of drug-likeness (QED) is 0.837. The number of nitrogens with zero attached hydrogens (tertiary/aromatic N) is 2. The molecule has 0 aliphatic carbocycles. The van der Waals surface area contributed by atoms with Crippen molar-refractivity contribution < 1.29 is 9.13 Å². The van der Waals surface area contributed by atoms with E-state index in [4.69, 9.17) is 10.5 Å². The van der Waals surface area contributed by atoms with E-state index in [1.165, 1.54) is 25.4 Å². The second-order valence-electron chi connectivity index (χ2n) is 3.16. The Hall–Kier alpha value is -2.17. The van der Waals surface area contributed by atoms with Crippen LogP contribution < -0.4 is 10.5 Å². The molecule has 0 unspecified atom stereocenters. The highest BCUT2D eigenvalue weighted by Gasteiger charge is 2.06. The molecule has 5 heteroatoms. The van der Waals surface area contributed by atoms with Crippen LogP contribution in [0.15, 0.2) is 30.5 Å². The Labute approximate surface area is 91.9 Å². The Bertz CT molecular complexity index is 499. The van der Waals surface area contributed by atoms with Crippen LogP contribution in [-0.2, 0) is 0 Å². The molecule has 0 aliphatic heterocycles. The average molecular weight is 219 g/mol.